The minimum Gasteiger partial charge on any atom is -0.309 e. The van der Waals surface area contributed by atoms with Crippen LogP contribution in [0.25, 0.3) is 127 Å². The highest BCUT2D eigenvalue weighted by atomic mass is 15.0. The van der Waals surface area contributed by atoms with Gasteiger partial charge in [0.25, 0.3) is 0 Å². The normalized spacial score (nSPS) is 11.6. The average Bonchev–Trinajstić information content (AvgIpc) is 3.73. The van der Waals surface area contributed by atoms with Crippen molar-refractivity contribution in [3.05, 3.63) is 243 Å². The third-order valence-electron chi connectivity index (χ3n) is 13.1. The summed E-state index contributed by atoms with van der Waals surface area (Å²) >= 11 is 0. The van der Waals surface area contributed by atoms with E-state index >= 15 is 0 Å². The lowest BCUT2D eigenvalue weighted by atomic mass is 9.94. The van der Waals surface area contributed by atoms with Gasteiger partial charge in [-0.05, 0) is 99.4 Å². The first kappa shape index (κ1) is 38.5. The SMILES string of the molecule is c1ccc(-c2cc(-c3ccccc3)cc(-c3nc(-c4cccc(-c5ccc6c7cc8nc(-c9ccccc9)c9ccccc9c8cc7n(-c7ccccc7)c6c5)c4)nc4ccccc34)c2)cc1. The molecule has 0 bridgehead atoms. The van der Waals surface area contributed by atoms with Gasteiger partial charge in [0.15, 0.2) is 5.82 Å². The minimum absolute atomic E-state index is 0.683. The molecule has 10 aromatic carbocycles. The fraction of sp³-hybridized carbons (Fsp3) is 0. The molecule has 0 amide bonds. The predicted octanol–water partition coefficient (Wildman–Crippen LogP) is 16.4. The molecule has 4 nitrogen and oxygen atoms in total. The van der Waals surface area contributed by atoms with E-state index < -0.39 is 0 Å². The van der Waals surface area contributed by atoms with Gasteiger partial charge in [0.1, 0.15) is 0 Å². The van der Waals surface area contributed by atoms with Gasteiger partial charge in [-0.2, -0.15) is 0 Å². The van der Waals surface area contributed by atoms with Crippen molar-refractivity contribution >= 4 is 54.4 Å². The van der Waals surface area contributed by atoms with Crippen LogP contribution in [0, 0.1) is 0 Å². The van der Waals surface area contributed by atoms with Gasteiger partial charge in [-0.1, -0.05) is 182 Å². The highest BCUT2D eigenvalue weighted by molar-refractivity contribution is 6.19. The van der Waals surface area contributed by atoms with Crippen molar-refractivity contribution in [1.29, 1.82) is 0 Å². The molecule has 3 aromatic heterocycles. The Kier molecular flexibility index (Phi) is 9.14. The third kappa shape index (κ3) is 6.74. The maximum atomic E-state index is 5.43. The fourth-order valence-corrected chi connectivity index (χ4v) is 9.94. The lowest BCUT2D eigenvalue weighted by molar-refractivity contribution is 1.18. The van der Waals surface area contributed by atoms with Crippen LogP contribution in [-0.2, 0) is 0 Å². The van der Waals surface area contributed by atoms with Gasteiger partial charge in [-0.3, -0.25) is 0 Å². The average molecular weight is 853 g/mol. The molecule has 0 aliphatic carbocycles. The Morgan fingerprint density at radius 2 is 0.761 bits per heavy atom. The lowest BCUT2D eigenvalue weighted by Crippen LogP contribution is -1.96. The number of hydrogen-bond donors (Lipinski definition) is 0. The summed E-state index contributed by atoms with van der Waals surface area (Å²) in [5, 5.41) is 6.82. The molecule has 0 saturated heterocycles. The monoisotopic (exact) mass is 852 g/mol. The number of pyridine rings is 1. The highest BCUT2D eigenvalue weighted by Crippen LogP contribution is 2.41. The quantitative estimate of drug-likeness (QED) is 0.150. The molecule has 0 aliphatic rings. The van der Waals surface area contributed by atoms with E-state index in [1.165, 1.54) is 10.8 Å². The molecule has 0 spiro atoms. The molecule has 13 rings (SSSR count). The van der Waals surface area contributed by atoms with E-state index in [0.29, 0.717) is 5.82 Å². The van der Waals surface area contributed by atoms with Gasteiger partial charge >= 0.3 is 0 Å². The number of benzene rings is 10. The molecule has 67 heavy (non-hydrogen) atoms. The summed E-state index contributed by atoms with van der Waals surface area (Å²) in [6.07, 6.45) is 0. The lowest BCUT2D eigenvalue weighted by Gasteiger charge is -2.14. The van der Waals surface area contributed by atoms with Gasteiger partial charge in [0, 0.05) is 49.3 Å². The van der Waals surface area contributed by atoms with Crippen LogP contribution in [0.4, 0.5) is 0 Å². The summed E-state index contributed by atoms with van der Waals surface area (Å²) in [6, 6.07) is 86.3. The molecule has 0 saturated carbocycles. The fourth-order valence-electron chi connectivity index (χ4n) is 9.94. The minimum atomic E-state index is 0.683. The van der Waals surface area contributed by atoms with E-state index in [-0.39, 0.29) is 0 Å². The molecule has 0 aliphatic heterocycles. The molecular formula is C63H40N4. The molecule has 0 unspecified atom stereocenters. The summed E-state index contributed by atoms with van der Waals surface area (Å²) in [7, 11) is 0. The smallest absolute Gasteiger partial charge is 0.160 e. The first-order chi connectivity index (χ1) is 33.2. The Labute approximate surface area is 387 Å². The van der Waals surface area contributed by atoms with E-state index in [1.54, 1.807) is 0 Å². The molecule has 4 heteroatoms. The number of fused-ring (bicyclic) bond motifs is 7. The van der Waals surface area contributed by atoms with Crippen LogP contribution in [0.15, 0.2) is 243 Å². The van der Waals surface area contributed by atoms with E-state index in [9.17, 15) is 0 Å². The summed E-state index contributed by atoms with van der Waals surface area (Å²) in [4.78, 5) is 16.0. The molecule has 312 valence electrons. The van der Waals surface area contributed by atoms with E-state index in [4.69, 9.17) is 15.0 Å². The van der Waals surface area contributed by atoms with Crippen LogP contribution in [0.5, 0.6) is 0 Å². The third-order valence-corrected chi connectivity index (χ3v) is 13.1. The second-order valence-corrected chi connectivity index (χ2v) is 17.2. The molecule has 3 heterocycles. The number of para-hydroxylation sites is 2. The van der Waals surface area contributed by atoms with Crippen LogP contribution >= 0.6 is 0 Å². The zero-order chi connectivity index (χ0) is 44.3. The second kappa shape index (κ2) is 15.9. The zero-order valence-electron chi connectivity index (χ0n) is 36.4. The zero-order valence-corrected chi connectivity index (χ0v) is 36.4. The maximum absolute atomic E-state index is 5.43. The van der Waals surface area contributed by atoms with E-state index in [0.717, 1.165) is 111 Å². The molecular weight excluding hydrogens is 813 g/mol. The predicted molar refractivity (Wildman–Crippen MR) is 279 cm³/mol. The summed E-state index contributed by atoms with van der Waals surface area (Å²) in [6.45, 7) is 0. The number of rotatable bonds is 7. The topological polar surface area (TPSA) is 43.6 Å². The van der Waals surface area contributed by atoms with Gasteiger partial charge in [-0.25, -0.2) is 15.0 Å². The Bertz CT molecular complexity index is 3950. The van der Waals surface area contributed by atoms with E-state index in [2.05, 4.69) is 247 Å². The van der Waals surface area contributed by atoms with Crippen LogP contribution in [0.3, 0.4) is 0 Å². The highest BCUT2D eigenvalue weighted by Gasteiger charge is 2.19. The van der Waals surface area contributed by atoms with Crippen molar-refractivity contribution in [2.75, 3.05) is 0 Å². The van der Waals surface area contributed by atoms with Gasteiger partial charge in [0.2, 0.25) is 0 Å². The van der Waals surface area contributed by atoms with Gasteiger partial charge < -0.3 is 4.57 Å². The van der Waals surface area contributed by atoms with Crippen LogP contribution in [-0.4, -0.2) is 19.5 Å². The van der Waals surface area contributed by atoms with Crippen LogP contribution in [0.1, 0.15) is 0 Å². The summed E-state index contributed by atoms with van der Waals surface area (Å²) in [5.41, 5.74) is 17.1. The molecule has 0 radical (unpaired) electrons. The standard InChI is InChI=1S/C63H40N4/c1-5-18-41(19-6-1)47-35-48(42-20-7-2-8-21-42)37-49(36-47)62-54-30-15-16-31-57(54)65-63(66-62)46-25-17-24-44(34-46)45-32-33-52-56-39-58-55(40-60(56)67(59(52)38-45)50-26-11-4-12-27-50)51-28-13-14-29-53(51)61(64-58)43-22-9-3-10-23-43/h1-40H. The van der Waals surface area contributed by atoms with Crippen molar-refractivity contribution in [2.45, 2.75) is 0 Å². The maximum Gasteiger partial charge on any atom is 0.160 e. The van der Waals surface area contributed by atoms with Crippen molar-refractivity contribution in [3.63, 3.8) is 0 Å². The number of hydrogen-bond acceptors (Lipinski definition) is 3. The van der Waals surface area contributed by atoms with Crippen LogP contribution < -0.4 is 0 Å². The van der Waals surface area contributed by atoms with E-state index in [1.807, 2.05) is 0 Å². The Morgan fingerprint density at radius 1 is 0.239 bits per heavy atom. The van der Waals surface area contributed by atoms with Crippen molar-refractivity contribution in [1.82, 2.24) is 19.5 Å². The summed E-state index contributed by atoms with van der Waals surface area (Å²) in [5.74, 6) is 0.683. The molecule has 13 aromatic rings. The molecule has 0 N–H and O–H groups in total. The first-order valence-corrected chi connectivity index (χ1v) is 22.8. The Hall–Kier alpha value is -8.99. The number of nitrogens with zero attached hydrogens (tertiary/aromatic N) is 4. The molecule has 0 fully saturated rings. The van der Waals surface area contributed by atoms with Gasteiger partial charge in [0.05, 0.1) is 33.5 Å². The summed E-state index contributed by atoms with van der Waals surface area (Å²) < 4.78 is 2.41. The van der Waals surface area contributed by atoms with Crippen molar-refractivity contribution in [2.24, 2.45) is 0 Å². The van der Waals surface area contributed by atoms with Crippen molar-refractivity contribution < 1.29 is 0 Å². The number of aromatic nitrogens is 4. The largest absolute Gasteiger partial charge is 0.309 e. The Balaban J connectivity index is 0.975. The van der Waals surface area contributed by atoms with Gasteiger partial charge in [-0.15, -0.1) is 0 Å². The second-order valence-electron chi connectivity index (χ2n) is 17.2. The van der Waals surface area contributed by atoms with Crippen molar-refractivity contribution in [3.8, 4) is 73.0 Å². The van der Waals surface area contributed by atoms with Crippen LogP contribution in [0.2, 0.25) is 0 Å². The first-order valence-electron chi connectivity index (χ1n) is 22.8. The molecule has 0 atom stereocenters. The Morgan fingerprint density at radius 3 is 1.48 bits per heavy atom.